The Labute approximate surface area is 235 Å². The van der Waals surface area contributed by atoms with Crippen LogP contribution in [0.1, 0.15) is 83.1 Å². The lowest BCUT2D eigenvalue weighted by Gasteiger charge is -2.63. The van der Waals surface area contributed by atoms with Crippen LogP contribution in [0.5, 0.6) is 0 Å². The first-order valence-corrected chi connectivity index (χ1v) is 26.6. The van der Waals surface area contributed by atoms with Crippen molar-refractivity contribution >= 4 is 71.9 Å². The minimum atomic E-state index is -2.70. The van der Waals surface area contributed by atoms with E-state index in [4.69, 9.17) is 22.2 Å². The predicted molar refractivity (Wildman–Crippen MR) is 177 cm³/mol. The first-order chi connectivity index (χ1) is 16.0. The Morgan fingerprint density at radius 2 is 0.611 bits per heavy atom. The Bertz CT molecular complexity index is 978. The second kappa shape index (κ2) is 8.69. The molecule has 200 valence electrons. The molecule has 0 aromatic heterocycles. The van der Waals surface area contributed by atoms with Gasteiger partial charge in [0, 0.05) is 0 Å². The van der Waals surface area contributed by atoms with Crippen molar-refractivity contribution in [3.05, 3.63) is 48.5 Å². The Morgan fingerprint density at radius 1 is 0.444 bits per heavy atom. The fraction of sp³-hybridized carbons (Fsp3) is 0.600. The molecule has 2 aromatic rings. The van der Waals surface area contributed by atoms with Crippen molar-refractivity contribution in [3.8, 4) is 0 Å². The van der Waals surface area contributed by atoms with E-state index in [1.165, 1.54) is 20.7 Å². The van der Waals surface area contributed by atoms with Gasteiger partial charge in [0.15, 0.2) is 0 Å². The normalized spacial score (nSPS) is 23.8. The van der Waals surface area contributed by atoms with Gasteiger partial charge in [-0.05, 0) is 40.9 Å². The SMILES string of the molecule is CC(C)(C)[Si](C)(C(C)(C)C)[Si]1(Cl)c2ccccc2[Si](Cl)([Si](C)(C(C)(C)C)C(C)(C)C)c2ccccc21. The molecule has 0 nitrogen and oxygen atoms in total. The van der Waals surface area contributed by atoms with E-state index in [2.05, 4.69) is 145 Å². The van der Waals surface area contributed by atoms with Crippen LogP contribution < -0.4 is 20.7 Å². The molecule has 0 unspecified atom stereocenters. The van der Waals surface area contributed by atoms with Crippen LogP contribution in [0.15, 0.2) is 48.5 Å². The van der Waals surface area contributed by atoms with Crippen LogP contribution in [0, 0.1) is 0 Å². The zero-order valence-electron chi connectivity index (χ0n) is 25.4. The van der Waals surface area contributed by atoms with Gasteiger partial charge in [0.2, 0.25) is 13.8 Å². The van der Waals surface area contributed by atoms with Crippen molar-refractivity contribution < 1.29 is 0 Å². The molecular weight excluding hydrogens is 544 g/mol. The molecule has 1 aliphatic heterocycles. The van der Waals surface area contributed by atoms with Crippen LogP contribution in [-0.2, 0) is 0 Å². The minimum Gasteiger partial charge on any atom is -0.159 e. The van der Waals surface area contributed by atoms with Crippen LogP contribution in [-0.4, -0.2) is 29.0 Å². The summed E-state index contributed by atoms with van der Waals surface area (Å²) in [6.45, 7) is 29.3. The van der Waals surface area contributed by atoms with Crippen molar-refractivity contribution in [1.29, 1.82) is 0 Å². The topological polar surface area (TPSA) is 0 Å². The van der Waals surface area contributed by atoms with E-state index >= 15 is 0 Å². The molecule has 36 heavy (non-hydrogen) atoms. The minimum absolute atomic E-state index is 0.127. The fourth-order valence-corrected chi connectivity index (χ4v) is 60.7. The van der Waals surface area contributed by atoms with Gasteiger partial charge in [-0.25, -0.2) is 0 Å². The average Bonchev–Trinajstić information content (AvgIpc) is 2.73. The number of halogens is 2. The molecule has 0 fully saturated rings. The summed E-state index contributed by atoms with van der Waals surface area (Å²) in [6.07, 6.45) is 0. The fourth-order valence-electron chi connectivity index (χ4n) is 7.85. The molecule has 6 heteroatoms. The average molecular weight is 594 g/mol. The maximum atomic E-state index is 8.50. The van der Waals surface area contributed by atoms with Crippen LogP contribution in [0.4, 0.5) is 0 Å². The van der Waals surface area contributed by atoms with Crippen LogP contribution in [0.2, 0.25) is 33.2 Å². The second-order valence-corrected chi connectivity index (χ2v) is 46.8. The van der Waals surface area contributed by atoms with Gasteiger partial charge in [-0.3, -0.25) is 0 Å². The van der Waals surface area contributed by atoms with E-state index in [-0.39, 0.29) is 20.2 Å². The molecular formula is C30H50Cl2Si4. The lowest BCUT2D eigenvalue weighted by molar-refractivity contribution is 0.634. The van der Waals surface area contributed by atoms with E-state index < -0.39 is 29.0 Å². The van der Waals surface area contributed by atoms with Gasteiger partial charge in [-0.15, -0.1) is 0 Å². The monoisotopic (exact) mass is 592 g/mol. The third-order valence-electron chi connectivity index (χ3n) is 10.7. The van der Waals surface area contributed by atoms with Gasteiger partial charge in [0.25, 0.3) is 0 Å². The molecule has 2 aromatic carbocycles. The molecule has 1 heterocycles. The van der Waals surface area contributed by atoms with Crippen molar-refractivity contribution in [1.82, 2.24) is 0 Å². The molecule has 0 N–H and O–H groups in total. The van der Waals surface area contributed by atoms with Crippen molar-refractivity contribution in [2.24, 2.45) is 0 Å². The zero-order chi connectivity index (χ0) is 28.0. The summed E-state index contributed by atoms with van der Waals surface area (Å²) >= 11 is 17.0. The summed E-state index contributed by atoms with van der Waals surface area (Å²) in [5.41, 5.74) is 0. The molecule has 0 aliphatic carbocycles. The Kier molecular flexibility index (Phi) is 7.35. The molecule has 0 saturated heterocycles. The highest BCUT2D eigenvalue weighted by Crippen LogP contribution is 2.59. The van der Waals surface area contributed by atoms with E-state index in [0.717, 1.165) is 0 Å². The number of hydrogen-bond donors (Lipinski definition) is 0. The predicted octanol–water partition coefficient (Wildman–Crippen LogP) is 8.11. The lowest BCUT2D eigenvalue weighted by Crippen LogP contribution is -2.93. The summed E-state index contributed by atoms with van der Waals surface area (Å²) < 4.78 is 0. The smallest absolute Gasteiger partial charge is 0.159 e. The number of rotatable bonds is 2. The molecule has 0 amide bonds. The summed E-state index contributed by atoms with van der Waals surface area (Å²) in [7, 11) is -4.42. The molecule has 0 atom stereocenters. The highest BCUT2D eigenvalue weighted by molar-refractivity contribution is 7.76. The van der Waals surface area contributed by atoms with Gasteiger partial charge >= 0.3 is 0 Å². The standard InChI is InChI=1S/C30H50Cl2Si4/c1-27(2,3)33(13,28(4,5)6)35(31)23-19-15-17-21-25(23)36(32,26-22-18-16-20-24(26)35)34(14,29(7,8)9)30(10,11)12/h15-22H,1-14H3. The highest BCUT2D eigenvalue weighted by atomic mass is 35.6. The number of fused-ring (bicyclic) bond motifs is 2. The second-order valence-electron chi connectivity index (χ2n) is 15.7. The molecule has 1 aliphatic rings. The molecule has 0 spiro atoms. The van der Waals surface area contributed by atoms with Gasteiger partial charge in [0.1, 0.15) is 0 Å². The van der Waals surface area contributed by atoms with Crippen LogP contribution >= 0.6 is 22.2 Å². The largest absolute Gasteiger partial charge is 0.206 e. The Balaban J connectivity index is 2.66. The summed E-state index contributed by atoms with van der Waals surface area (Å²) in [5, 5.41) is 6.28. The molecule has 0 bridgehead atoms. The van der Waals surface area contributed by atoms with Crippen molar-refractivity contribution in [3.63, 3.8) is 0 Å². The zero-order valence-corrected chi connectivity index (χ0v) is 30.9. The highest BCUT2D eigenvalue weighted by Gasteiger charge is 2.73. The molecule has 0 saturated carbocycles. The maximum Gasteiger partial charge on any atom is 0.206 e. The van der Waals surface area contributed by atoms with Crippen LogP contribution in [0.3, 0.4) is 0 Å². The lowest BCUT2D eigenvalue weighted by atomic mass is 10.2. The molecule has 3 rings (SSSR count). The first kappa shape index (κ1) is 30.4. The summed E-state index contributed by atoms with van der Waals surface area (Å²) in [6, 6.07) is 18.5. The van der Waals surface area contributed by atoms with E-state index in [0.29, 0.717) is 0 Å². The van der Waals surface area contributed by atoms with Gasteiger partial charge < -0.3 is 0 Å². The van der Waals surface area contributed by atoms with E-state index in [1.54, 1.807) is 0 Å². The third-order valence-corrected chi connectivity index (χ3v) is 60.4. The van der Waals surface area contributed by atoms with Gasteiger partial charge in [-0.2, -0.15) is 22.2 Å². The summed E-state index contributed by atoms with van der Waals surface area (Å²) in [5.74, 6) is 0. The Morgan fingerprint density at radius 3 is 0.750 bits per heavy atom. The van der Waals surface area contributed by atoms with Gasteiger partial charge in [0.05, 0.1) is 15.2 Å². The Hall–Kier alpha value is -0.112. The molecule has 0 radical (unpaired) electrons. The quantitative estimate of drug-likeness (QED) is 0.244. The van der Waals surface area contributed by atoms with Crippen molar-refractivity contribution in [2.45, 2.75) is 116 Å². The van der Waals surface area contributed by atoms with Gasteiger partial charge in [-0.1, -0.05) is 145 Å². The number of benzene rings is 2. The summed E-state index contributed by atoms with van der Waals surface area (Å²) in [4.78, 5) is 0. The van der Waals surface area contributed by atoms with E-state index in [9.17, 15) is 0 Å². The maximum absolute atomic E-state index is 8.50. The van der Waals surface area contributed by atoms with E-state index in [1.807, 2.05) is 0 Å². The van der Waals surface area contributed by atoms with Crippen molar-refractivity contribution in [2.75, 3.05) is 0 Å². The number of hydrogen-bond acceptors (Lipinski definition) is 0. The van der Waals surface area contributed by atoms with Crippen LogP contribution in [0.25, 0.3) is 0 Å². The third kappa shape index (κ3) is 3.67. The first-order valence-electron chi connectivity index (χ1n) is 13.5.